The Bertz CT molecular complexity index is 390. The van der Waals surface area contributed by atoms with Crippen LogP contribution in [0.1, 0.15) is 30.9 Å². The number of aryl methyl sites for hydroxylation is 1. The fourth-order valence-electron chi connectivity index (χ4n) is 1.64. The molecule has 0 saturated heterocycles. The average Bonchev–Trinajstić information content (AvgIpc) is 2.28. The lowest BCUT2D eigenvalue weighted by atomic mass is 10.0. The van der Waals surface area contributed by atoms with Crippen LogP contribution in [0.3, 0.4) is 0 Å². The number of hydrogen-bond donors (Lipinski definition) is 1. The second-order valence-corrected chi connectivity index (χ2v) is 4.43. The molecule has 0 bridgehead atoms. The lowest BCUT2D eigenvalue weighted by Crippen LogP contribution is -2.21. The summed E-state index contributed by atoms with van der Waals surface area (Å²) >= 11 is 0. The van der Waals surface area contributed by atoms with Gasteiger partial charge in [-0.15, -0.1) is 6.42 Å². The molecular formula is C15H21NO. The van der Waals surface area contributed by atoms with E-state index in [1.54, 1.807) is 0 Å². The van der Waals surface area contributed by atoms with Crippen LogP contribution in [-0.2, 0) is 0 Å². The van der Waals surface area contributed by atoms with Gasteiger partial charge in [0.15, 0.2) is 0 Å². The zero-order chi connectivity index (χ0) is 12.7. The van der Waals surface area contributed by atoms with E-state index in [1.165, 1.54) is 11.1 Å². The number of rotatable bonds is 6. The van der Waals surface area contributed by atoms with Gasteiger partial charge < -0.3 is 10.1 Å². The van der Waals surface area contributed by atoms with Crippen LogP contribution in [0.15, 0.2) is 18.2 Å². The maximum atomic E-state index is 5.79. The third-order valence-electron chi connectivity index (χ3n) is 2.55. The highest BCUT2D eigenvalue weighted by Crippen LogP contribution is 2.27. The monoisotopic (exact) mass is 231 g/mol. The van der Waals surface area contributed by atoms with Gasteiger partial charge in [0, 0.05) is 6.54 Å². The number of benzene rings is 1. The highest BCUT2D eigenvalue weighted by atomic mass is 16.5. The first kappa shape index (κ1) is 13.6. The molecule has 1 aromatic rings. The predicted molar refractivity (Wildman–Crippen MR) is 72.5 cm³/mol. The highest BCUT2D eigenvalue weighted by Gasteiger charge is 2.07. The van der Waals surface area contributed by atoms with Gasteiger partial charge in [-0.1, -0.05) is 31.9 Å². The number of ether oxygens (including phenoxy) is 1. The highest BCUT2D eigenvalue weighted by molar-refractivity contribution is 5.39. The van der Waals surface area contributed by atoms with Crippen LogP contribution in [0.25, 0.3) is 0 Å². The Labute approximate surface area is 104 Å². The molecule has 0 aliphatic rings. The SMILES string of the molecule is C#CCNCCOc1cc(C)ccc1C(C)C. The van der Waals surface area contributed by atoms with E-state index >= 15 is 0 Å². The van der Waals surface area contributed by atoms with E-state index in [0.717, 1.165) is 12.3 Å². The molecule has 0 radical (unpaired) electrons. The lowest BCUT2D eigenvalue weighted by molar-refractivity contribution is 0.312. The van der Waals surface area contributed by atoms with Crippen LogP contribution in [0.4, 0.5) is 0 Å². The first-order chi connectivity index (χ1) is 8.15. The summed E-state index contributed by atoms with van der Waals surface area (Å²) in [6, 6.07) is 6.36. The Balaban J connectivity index is 2.57. The molecule has 0 spiro atoms. The van der Waals surface area contributed by atoms with Gasteiger partial charge >= 0.3 is 0 Å². The van der Waals surface area contributed by atoms with Crippen molar-refractivity contribution in [2.75, 3.05) is 19.7 Å². The van der Waals surface area contributed by atoms with Crippen LogP contribution < -0.4 is 10.1 Å². The number of hydrogen-bond acceptors (Lipinski definition) is 2. The predicted octanol–water partition coefficient (Wildman–Crippen LogP) is 2.72. The quantitative estimate of drug-likeness (QED) is 0.600. The van der Waals surface area contributed by atoms with Crippen molar-refractivity contribution in [3.05, 3.63) is 29.3 Å². The van der Waals surface area contributed by atoms with Crippen LogP contribution in [0, 0.1) is 19.3 Å². The summed E-state index contributed by atoms with van der Waals surface area (Å²) in [4.78, 5) is 0. The van der Waals surface area contributed by atoms with Crippen molar-refractivity contribution in [3.8, 4) is 18.1 Å². The minimum atomic E-state index is 0.476. The van der Waals surface area contributed by atoms with E-state index in [4.69, 9.17) is 11.2 Å². The molecule has 17 heavy (non-hydrogen) atoms. The minimum Gasteiger partial charge on any atom is -0.492 e. The molecule has 0 saturated carbocycles. The molecule has 0 aromatic heterocycles. The Hall–Kier alpha value is -1.46. The summed E-state index contributed by atoms with van der Waals surface area (Å²) in [5.74, 6) is 4.00. The van der Waals surface area contributed by atoms with E-state index in [-0.39, 0.29) is 0 Å². The van der Waals surface area contributed by atoms with Crippen LogP contribution in [0.5, 0.6) is 5.75 Å². The van der Waals surface area contributed by atoms with Crippen molar-refractivity contribution in [1.29, 1.82) is 0 Å². The maximum absolute atomic E-state index is 5.79. The molecule has 0 aliphatic heterocycles. The molecule has 92 valence electrons. The van der Waals surface area contributed by atoms with Crippen molar-refractivity contribution in [3.63, 3.8) is 0 Å². The topological polar surface area (TPSA) is 21.3 Å². The largest absolute Gasteiger partial charge is 0.492 e. The molecule has 2 heteroatoms. The lowest BCUT2D eigenvalue weighted by Gasteiger charge is -2.14. The number of nitrogens with one attached hydrogen (secondary N) is 1. The first-order valence-corrected chi connectivity index (χ1v) is 6.02. The summed E-state index contributed by atoms with van der Waals surface area (Å²) < 4.78 is 5.79. The summed E-state index contributed by atoms with van der Waals surface area (Å²) in [5.41, 5.74) is 2.48. The Morgan fingerprint density at radius 1 is 1.41 bits per heavy atom. The molecule has 2 nitrogen and oxygen atoms in total. The van der Waals surface area contributed by atoms with E-state index < -0.39 is 0 Å². The van der Waals surface area contributed by atoms with Gasteiger partial charge in [0.25, 0.3) is 0 Å². The van der Waals surface area contributed by atoms with Gasteiger partial charge in [-0.05, 0) is 30.0 Å². The smallest absolute Gasteiger partial charge is 0.123 e. The third kappa shape index (κ3) is 4.50. The van der Waals surface area contributed by atoms with Crippen molar-refractivity contribution >= 4 is 0 Å². The van der Waals surface area contributed by atoms with Crippen molar-refractivity contribution in [2.24, 2.45) is 0 Å². The van der Waals surface area contributed by atoms with E-state index in [2.05, 4.69) is 50.2 Å². The molecule has 0 heterocycles. The standard InChI is InChI=1S/C15H21NO/c1-5-8-16-9-10-17-15-11-13(4)6-7-14(15)12(2)3/h1,6-7,11-12,16H,8-10H2,2-4H3. The number of terminal acetylenes is 1. The molecular weight excluding hydrogens is 210 g/mol. The fourth-order valence-corrected chi connectivity index (χ4v) is 1.64. The van der Waals surface area contributed by atoms with E-state index in [9.17, 15) is 0 Å². The summed E-state index contributed by atoms with van der Waals surface area (Å²) in [6.07, 6.45) is 5.15. The minimum absolute atomic E-state index is 0.476. The van der Waals surface area contributed by atoms with Crippen LogP contribution in [-0.4, -0.2) is 19.7 Å². The summed E-state index contributed by atoms with van der Waals surface area (Å²) in [7, 11) is 0. The molecule has 0 amide bonds. The molecule has 1 aromatic carbocycles. The molecule has 1 rings (SSSR count). The van der Waals surface area contributed by atoms with E-state index in [1.807, 2.05) is 0 Å². The van der Waals surface area contributed by atoms with Gasteiger partial charge in [0.1, 0.15) is 12.4 Å². The van der Waals surface area contributed by atoms with E-state index in [0.29, 0.717) is 19.1 Å². The van der Waals surface area contributed by atoms with Crippen molar-refractivity contribution in [2.45, 2.75) is 26.7 Å². The van der Waals surface area contributed by atoms with Crippen LogP contribution in [0.2, 0.25) is 0 Å². The first-order valence-electron chi connectivity index (χ1n) is 6.02. The second-order valence-electron chi connectivity index (χ2n) is 4.43. The fraction of sp³-hybridized carbons (Fsp3) is 0.467. The van der Waals surface area contributed by atoms with Crippen molar-refractivity contribution < 1.29 is 4.74 Å². The molecule has 0 unspecified atom stereocenters. The summed E-state index contributed by atoms with van der Waals surface area (Å²) in [6.45, 7) is 8.44. The van der Waals surface area contributed by atoms with Gasteiger partial charge in [0.2, 0.25) is 0 Å². The third-order valence-corrected chi connectivity index (χ3v) is 2.55. The second kappa shape index (κ2) is 6.98. The molecule has 0 atom stereocenters. The zero-order valence-corrected chi connectivity index (χ0v) is 10.9. The Kier molecular flexibility index (Phi) is 5.59. The normalized spacial score (nSPS) is 10.3. The van der Waals surface area contributed by atoms with Gasteiger partial charge in [0.05, 0.1) is 6.54 Å². The maximum Gasteiger partial charge on any atom is 0.123 e. The van der Waals surface area contributed by atoms with Crippen LogP contribution >= 0.6 is 0 Å². The average molecular weight is 231 g/mol. The van der Waals surface area contributed by atoms with Crippen molar-refractivity contribution in [1.82, 2.24) is 5.32 Å². The molecule has 0 fully saturated rings. The Morgan fingerprint density at radius 2 is 2.18 bits per heavy atom. The zero-order valence-electron chi connectivity index (χ0n) is 10.9. The van der Waals surface area contributed by atoms with Gasteiger partial charge in [-0.25, -0.2) is 0 Å². The molecule has 0 aliphatic carbocycles. The molecule has 1 N–H and O–H groups in total. The summed E-state index contributed by atoms with van der Waals surface area (Å²) in [5, 5.41) is 3.11. The Morgan fingerprint density at radius 3 is 2.82 bits per heavy atom. The van der Waals surface area contributed by atoms with Gasteiger partial charge in [-0.2, -0.15) is 0 Å². The van der Waals surface area contributed by atoms with Gasteiger partial charge in [-0.3, -0.25) is 0 Å².